The van der Waals surface area contributed by atoms with Crippen molar-refractivity contribution in [2.24, 2.45) is 0 Å². The molecule has 4 aliphatic rings. The van der Waals surface area contributed by atoms with Crippen LogP contribution < -0.4 is 9.80 Å². The Kier molecular flexibility index (Phi) is 19.5. The average Bonchev–Trinajstić information content (AvgIpc) is 0.737. The van der Waals surface area contributed by atoms with E-state index in [1.54, 1.807) is 22.3 Å². The minimum absolute atomic E-state index is 1.11. The fraction of sp³-hybridized carbons (Fsp3) is 0.239. The van der Waals surface area contributed by atoms with Crippen molar-refractivity contribution < 1.29 is 0 Å². The quantitative estimate of drug-likeness (QED) is 0.0890. The molecule has 468 valence electrons. The average molecular weight is 1220 g/mol. The van der Waals surface area contributed by atoms with Crippen molar-refractivity contribution in [3.63, 3.8) is 0 Å². The molecule has 0 radical (unpaired) electrons. The Morgan fingerprint density at radius 3 is 0.745 bits per heavy atom. The molecule has 2 nitrogen and oxygen atoms in total. The number of hydrogen-bond acceptors (Lipinski definition) is 2. The second-order valence-corrected chi connectivity index (χ2v) is 27.1. The number of hydrogen-bond donors (Lipinski definition) is 0. The van der Waals surface area contributed by atoms with Gasteiger partial charge in [-0.05, 0) is 255 Å². The molecule has 10 aromatic carbocycles. The fourth-order valence-electron chi connectivity index (χ4n) is 15.2. The Hall–Kier alpha value is -9.50. The van der Waals surface area contributed by atoms with Gasteiger partial charge in [-0.3, -0.25) is 0 Å². The maximum Gasteiger partial charge on any atom is 0.0573 e. The minimum atomic E-state index is 1.11. The Balaban J connectivity index is 0.821. The van der Waals surface area contributed by atoms with Gasteiger partial charge in [0.25, 0.3) is 0 Å². The highest BCUT2D eigenvalue weighted by atomic mass is 15.2. The van der Waals surface area contributed by atoms with Crippen molar-refractivity contribution in [1.29, 1.82) is 0 Å². The van der Waals surface area contributed by atoms with E-state index in [4.69, 9.17) is 0 Å². The summed E-state index contributed by atoms with van der Waals surface area (Å²) in [5.74, 6) is 0. The van der Waals surface area contributed by atoms with Gasteiger partial charge in [-0.1, -0.05) is 254 Å². The molecule has 0 bridgehead atoms. The Labute approximate surface area is 560 Å². The third kappa shape index (κ3) is 14.6. The molecule has 10 aromatic rings. The second-order valence-electron chi connectivity index (χ2n) is 27.1. The monoisotopic (exact) mass is 1220 g/mol. The van der Waals surface area contributed by atoms with Crippen molar-refractivity contribution >= 4 is 92.5 Å². The van der Waals surface area contributed by atoms with Crippen LogP contribution in [0.2, 0.25) is 0 Å². The molecule has 0 aliphatic heterocycles. The molecule has 14 rings (SSSR count). The number of fused-ring (bicyclic) bond motifs is 1. The van der Waals surface area contributed by atoms with E-state index in [1.165, 1.54) is 217 Å². The summed E-state index contributed by atoms with van der Waals surface area (Å²) in [4.78, 5) is 4.97. The Morgan fingerprint density at radius 1 is 0.245 bits per heavy atom. The SMILES string of the molecule is Cc1c(C)c(N(c2ccccc2)c2ccc(C=C(c3ccc(C=C4CCCCC4)cc3)c3ccc(C=C4CCCCC4)cc3)cc2)c2ccccc2c1N(c1ccccc1)c1ccc(C=C(c2ccc(C=C3CCCCC3)cc2)c2ccc(C=C3CCCCC3)cc2)cc1. The van der Waals surface area contributed by atoms with E-state index < -0.39 is 0 Å². The number of para-hydroxylation sites is 2. The number of rotatable bonds is 16. The van der Waals surface area contributed by atoms with Gasteiger partial charge in [0, 0.05) is 33.5 Å². The molecule has 0 spiro atoms. The van der Waals surface area contributed by atoms with Crippen LogP contribution in [0.5, 0.6) is 0 Å². The molecule has 4 saturated carbocycles. The molecule has 2 heteroatoms. The predicted molar refractivity (Wildman–Crippen MR) is 407 cm³/mol. The molecule has 4 fully saturated rings. The first-order chi connectivity index (χ1) is 46.4. The summed E-state index contributed by atoms with van der Waals surface area (Å²) in [6, 6.07) is 86.7. The first-order valence-electron chi connectivity index (χ1n) is 35.5. The van der Waals surface area contributed by atoms with Crippen molar-refractivity contribution in [2.45, 2.75) is 142 Å². The normalized spacial score (nSPS) is 15.0. The highest BCUT2D eigenvalue weighted by Gasteiger charge is 2.26. The lowest BCUT2D eigenvalue weighted by Gasteiger charge is -2.34. The summed E-state index contributed by atoms with van der Waals surface area (Å²) in [5.41, 5.74) is 30.4. The standard InChI is InChI=1S/C92H90N2/c1-67-68(2)92(94(84-33-19-8-20-34-84)86-59-47-78(48-60-86)66-90(81-53-41-75(42-54-81)63-71-27-13-5-14-28-71)82-55-43-76(44-56-82)64-72-29-15-6-16-30-72)88-36-22-21-35-87(88)91(67)93(83-31-17-7-18-32-83)85-57-45-77(46-58-85)65-89(79-49-37-73(38-50-79)61-69-23-9-3-10-24-69)80-51-39-74(40-52-80)62-70-25-11-4-12-26-70/h7-8,17-22,31-66H,3-6,9-16,23-30H2,1-2H3. The summed E-state index contributed by atoms with van der Waals surface area (Å²) >= 11 is 0. The number of allylic oxidation sites excluding steroid dienone is 4. The molecule has 94 heavy (non-hydrogen) atoms. The Morgan fingerprint density at radius 2 is 0.479 bits per heavy atom. The lowest BCUT2D eigenvalue weighted by Crippen LogP contribution is -2.16. The molecular weight excluding hydrogens is 1130 g/mol. The summed E-state index contributed by atoms with van der Waals surface area (Å²) in [6.07, 6.45) is 40.2. The van der Waals surface area contributed by atoms with Gasteiger partial charge < -0.3 is 9.80 Å². The first-order valence-corrected chi connectivity index (χ1v) is 35.5. The third-order valence-corrected chi connectivity index (χ3v) is 20.5. The van der Waals surface area contributed by atoms with Crippen LogP contribution in [0, 0.1) is 13.8 Å². The van der Waals surface area contributed by atoms with Gasteiger partial charge in [0.2, 0.25) is 0 Å². The van der Waals surface area contributed by atoms with Crippen molar-refractivity contribution in [1.82, 2.24) is 0 Å². The van der Waals surface area contributed by atoms with E-state index >= 15 is 0 Å². The molecular formula is C92H90N2. The maximum absolute atomic E-state index is 2.48. The molecule has 0 saturated heterocycles. The van der Waals surface area contributed by atoms with Gasteiger partial charge in [0.05, 0.1) is 11.4 Å². The number of nitrogens with zero attached hydrogens (tertiary/aromatic N) is 2. The van der Waals surface area contributed by atoms with E-state index in [-0.39, 0.29) is 0 Å². The van der Waals surface area contributed by atoms with Crippen LogP contribution in [0.3, 0.4) is 0 Å². The minimum Gasteiger partial charge on any atom is -0.310 e. The van der Waals surface area contributed by atoms with Crippen molar-refractivity contribution in [2.75, 3.05) is 9.80 Å². The van der Waals surface area contributed by atoms with Crippen LogP contribution in [0.4, 0.5) is 34.1 Å². The maximum atomic E-state index is 2.48. The molecule has 0 aromatic heterocycles. The van der Waals surface area contributed by atoms with E-state index in [2.05, 4.69) is 291 Å². The van der Waals surface area contributed by atoms with E-state index in [0.29, 0.717) is 0 Å². The first kappa shape index (κ1) is 62.0. The van der Waals surface area contributed by atoms with Crippen LogP contribution in [0.15, 0.2) is 253 Å². The molecule has 0 N–H and O–H groups in total. The van der Waals surface area contributed by atoms with Crippen molar-refractivity contribution in [3.05, 3.63) is 320 Å². The van der Waals surface area contributed by atoms with Gasteiger partial charge in [0.15, 0.2) is 0 Å². The molecule has 0 amide bonds. The fourth-order valence-corrected chi connectivity index (χ4v) is 15.2. The van der Waals surface area contributed by atoms with Gasteiger partial charge in [-0.25, -0.2) is 0 Å². The van der Waals surface area contributed by atoms with E-state index in [0.717, 1.165) is 33.9 Å². The van der Waals surface area contributed by atoms with Gasteiger partial charge in [-0.15, -0.1) is 0 Å². The molecule has 4 aliphatic carbocycles. The summed E-state index contributed by atoms with van der Waals surface area (Å²) in [6.45, 7) is 4.65. The zero-order valence-electron chi connectivity index (χ0n) is 55.4. The second kappa shape index (κ2) is 29.6. The van der Waals surface area contributed by atoms with Crippen LogP contribution in [-0.2, 0) is 0 Å². The van der Waals surface area contributed by atoms with Gasteiger partial charge in [-0.2, -0.15) is 0 Å². The number of benzene rings is 10. The molecule has 0 heterocycles. The van der Waals surface area contributed by atoms with Crippen LogP contribution in [0.1, 0.15) is 195 Å². The molecule has 0 atom stereocenters. The smallest absolute Gasteiger partial charge is 0.0573 e. The summed E-state index contributed by atoms with van der Waals surface area (Å²) in [7, 11) is 0. The van der Waals surface area contributed by atoms with Gasteiger partial charge >= 0.3 is 0 Å². The summed E-state index contributed by atoms with van der Waals surface area (Å²) < 4.78 is 0. The predicted octanol–water partition coefficient (Wildman–Crippen LogP) is 27.0. The summed E-state index contributed by atoms with van der Waals surface area (Å²) in [5, 5.41) is 2.38. The topological polar surface area (TPSA) is 6.48 Å². The Bertz CT molecular complexity index is 3950. The highest BCUT2D eigenvalue weighted by molar-refractivity contribution is 6.10. The van der Waals surface area contributed by atoms with Crippen LogP contribution in [-0.4, -0.2) is 0 Å². The lowest BCUT2D eigenvalue weighted by atomic mass is 9.91. The zero-order valence-corrected chi connectivity index (χ0v) is 55.4. The molecule has 0 unspecified atom stereocenters. The lowest BCUT2D eigenvalue weighted by molar-refractivity contribution is 0.602. The highest BCUT2D eigenvalue weighted by Crippen LogP contribution is 2.50. The van der Waals surface area contributed by atoms with E-state index in [1.807, 2.05) is 0 Å². The van der Waals surface area contributed by atoms with E-state index in [9.17, 15) is 0 Å². The van der Waals surface area contributed by atoms with Crippen LogP contribution in [0.25, 0.3) is 58.4 Å². The third-order valence-electron chi connectivity index (χ3n) is 20.5. The number of anilines is 6. The van der Waals surface area contributed by atoms with Crippen molar-refractivity contribution in [3.8, 4) is 0 Å². The van der Waals surface area contributed by atoms with Crippen LogP contribution >= 0.6 is 0 Å². The largest absolute Gasteiger partial charge is 0.310 e. The van der Waals surface area contributed by atoms with Gasteiger partial charge in [0.1, 0.15) is 0 Å². The zero-order chi connectivity index (χ0) is 63.4.